The van der Waals surface area contributed by atoms with Gasteiger partial charge in [0.25, 0.3) is 0 Å². The average Bonchev–Trinajstić information content (AvgIpc) is 2.64. The van der Waals surface area contributed by atoms with Crippen LogP contribution in [0.2, 0.25) is 0 Å². The van der Waals surface area contributed by atoms with Crippen LogP contribution in [0.3, 0.4) is 0 Å². The SMILES string of the molecule is C[C@@H]1CCCN(C(=O)OC(C)(C)C)[C@@H]1C(=O)O.C[C@H]1CCCN(C(=O)OC(C)(C)C)[C@H]1C(=O)O. The number of hydrogen-bond acceptors (Lipinski definition) is 6. The van der Waals surface area contributed by atoms with Crippen LogP contribution in [0.25, 0.3) is 0 Å². The minimum absolute atomic E-state index is 0.0335. The van der Waals surface area contributed by atoms with Gasteiger partial charge in [0, 0.05) is 13.1 Å². The van der Waals surface area contributed by atoms with Crippen molar-refractivity contribution in [2.45, 2.75) is 104 Å². The maximum absolute atomic E-state index is 11.9. The highest BCUT2D eigenvalue weighted by molar-refractivity contribution is 5.81. The minimum atomic E-state index is -0.956. The van der Waals surface area contributed by atoms with Gasteiger partial charge in [0.1, 0.15) is 23.3 Å². The zero-order valence-corrected chi connectivity index (χ0v) is 21.8. The van der Waals surface area contributed by atoms with Crippen LogP contribution in [-0.2, 0) is 19.1 Å². The van der Waals surface area contributed by atoms with Crippen molar-refractivity contribution < 1.29 is 38.9 Å². The van der Waals surface area contributed by atoms with Gasteiger partial charge in [-0.1, -0.05) is 13.8 Å². The van der Waals surface area contributed by atoms with E-state index in [1.54, 1.807) is 41.5 Å². The number of hydrogen-bond donors (Lipinski definition) is 2. The standard InChI is InChI=1S/2C12H21NO4/c2*1-8-6-5-7-13(9(8)10(14)15)11(16)17-12(2,3)4/h2*8-9H,5-7H2,1-4H3,(H,14,15)/t2*8-,9+/m10/s1. The lowest BCUT2D eigenvalue weighted by molar-refractivity contribution is -0.147. The van der Waals surface area contributed by atoms with Gasteiger partial charge in [-0.05, 0) is 79.1 Å². The quantitative estimate of drug-likeness (QED) is 0.593. The number of carbonyl (C=O) groups is 4. The third-order valence-electron chi connectivity index (χ3n) is 5.63. The van der Waals surface area contributed by atoms with Crippen LogP contribution in [-0.4, -0.2) is 80.5 Å². The summed E-state index contributed by atoms with van der Waals surface area (Å²) in [7, 11) is 0. The first-order valence-electron chi connectivity index (χ1n) is 11.9. The molecule has 34 heavy (non-hydrogen) atoms. The van der Waals surface area contributed by atoms with Gasteiger partial charge < -0.3 is 19.7 Å². The van der Waals surface area contributed by atoms with E-state index < -0.39 is 47.4 Å². The van der Waals surface area contributed by atoms with Gasteiger partial charge >= 0.3 is 24.1 Å². The number of carboxylic acids is 2. The highest BCUT2D eigenvalue weighted by Crippen LogP contribution is 2.26. The molecule has 0 aromatic carbocycles. The molecule has 0 unspecified atom stereocenters. The Morgan fingerprint density at radius 1 is 0.676 bits per heavy atom. The molecule has 2 N–H and O–H groups in total. The highest BCUT2D eigenvalue weighted by Gasteiger charge is 2.40. The number of carbonyl (C=O) groups excluding carboxylic acids is 2. The summed E-state index contributed by atoms with van der Waals surface area (Å²) in [5.74, 6) is -1.98. The third-order valence-corrected chi connectivity index (χ3v) is 5.63. The fourth-order valence-electron chi connectivity index (χ4n) is 4.18. The van der Waals surface area contributed by atoms with E-state index in [1.165, 1.54) is 9.80 Å². The second-order valence-electron chi connectivity index (χ2n) is 11.2. The molecule has 10 nitrogen and oxygen atoms in total. The lowest BCUT2D eigenvalue weighted by Crippen LogP contribution is -2.53. The second kappa shape index (κ2) is 11.8. The van der Waals surface area contributed by atoms with Gasteiger partial charge in [0.2, 0.25) is 0 Å². The van der Waals surface area contributed by atoms with Gasteiger partial charge in [-0.2, -0.15) is 0 Å². The molecule has 10 heteroatoms. The van der Waals surface area contributed by atoms with Crippen LogP contribution >= 0.6 is 0 Å². The number of rotatable bonds is 2. The number of piperidine rings is 2. The molecule has 2 aliphatic rings. The van der Waals surface area contributed by atoms with Crippen LogP contribution in [0.5, 0.6) is 0 Å². The number of likely N-dealkylation sites (tertiary alicyclic amines) is 2. The molecule has 2 saturated heterocycles. The van der Waals surface area contributed by atoms with E-state index in [0.717, 1.165) is 25.7 Å². The molecule has 2 aliphatic heterocycles. The number of carboxylic acid groups (broad SMARTS) is 2. The Morgan fingerprint density at radius 3 is 1.21 bits per heavy atom. The molecular formula is C24H42N2O8. The molecule has 196 valence electrons. The molecule has 0 spiro atoms. The fraction of sp³-hybridized carbons (Fsp3) is 0.833. The summed E-state index contributed by atoms with van der Waals surface area (Å²) in [6.07, 6.45) is 2.24. The Kier molecular flexibility index (Phi) is 10.2. The summed E-state index contributed by atoms with van der Waals surface area (Å²) in [6.45, 7) is 15.3. The second-order valence-corrected chi connectivity index (χ2v) is 11.2. The van der Waals surface area contributed by atoms with Crippen molar-refractivity contribution in [3.63, 3.8) is 0 Å². The van der Waals surface area contributed by atoms with Crippen LogP contribution in [0.15, 0.2) is 0 Å². The molecule has 2 amide bonds. The van der Waals surface area contributed by atoms with Gasteiger partial charge in [-0.15, -0.1) is 0 Å². The van der Waals surface area contributed by atoms with Gasteiger partial charge in [0.05, 0.1) is 0 Å². The van der Waals surface area contributed by atoms with Crippen LogP contribution in [0, 0.1) is 11.8 Å². The summed E-state index contributed by atoms with van der Waals surface area (Å²) in [5, 5.41) is 18.4. The van der Waals surface area contributed by atoms with Crippen molar-refractivity contribution in [2.24, 2.45) is 11.8 Å². The maximum Gasteiger partial charge on any atom is 0.411 e. The normalized spacial score (nSPS) is 25.5. The van der Waals surface area contributed by atoms with Crippen LogP contribution < -0.4 is 0 Å². The fourth-order valence-corrected chi connectivity index (χ4v) is 4.18. The van der Waals surface area contributed by atoms with E-state index in [1.807, 2.05) is 13.8 Å². The Morgan fingerprint density at radius 2 is 0.971 bits per heavy atom. The monoisotopic (exact) mass is 486 g/mol. The minimum Gasteiger partial charge on any atom is -0.480 e. The van der Waals surface area contributed by atoms with E-state index in [4.69, 9.17) is 9.47 Å². The van der Waals surface area contributed by atoms with E-state index >= 15 is 0 Å². The predicted octanol–water partition coefficient (Wildman–Crippen LogP) is 4.21. The lowest BCUT2D eigenvalue weighted by Gasteiger charge is -2.37. The first-order chi connectivity index (χ1) is 15.4. The molecule has 4 atom stereocenters. The Hall–Kier alpha value is -2.52. The molecule has 0 bridgehead atoms. The smallest absolute Gasteiger partial charge is 0.411 e. The predicted molar refractivity (Wildman–Crippen MR) is 126 cm³/mol. The van der Waals surface area contributed by atoms with Crippen molar-refractivity contribution >= 4 is 24.1 Å². The van der Waals surface area contributed by atoms with E-state index in [0.29, 0.717) is 13.1 Å². The number of aliphatic carboxylic acids is 2. The molecule has 0 radical (unpaired) electrons. The molecule has 0 saturated carbocycles. The third kappa shape index (κ3) is 9.02. The van der Waals surface area contributed by atoms with E-state index in [-0.39, 0.29) is 11.8 Å². The molecule has 2 rings (SSSR count). The number of amides is 2. The van der Waals surface area contributed by atoms with Gasteiger partial charge in [-0.3, -0.25) is 9.80 Å². The zero-order valence-electron chi connectivity index (χ0n) is 21.8. The summed E-state index contributed by atoms with van der Waals surface area (Å²) >= 11 is 0. The van der Waals surface area contributed by atoms with Crippen molar-refractivity contribution in [2.75, 3.05) is 13.1 Å². The summed E-state index contributed by atoms with van der Waals surface area (Å²) in [6, 6.07) is -1.53. The molecule has 0 aliphatic carbocycles. The van der Waals surface area contributed by atoms with E-state index in [9.17, 15) is 29.4 Å². The molecular weight excluding hydrogens is 444 g/mol. The molecule has 0 aromatic heterocycles. The zero-order chi connectivity index (χ0) is 26.4. The number of nitrogens with zero attached hydrogens (tertiary/aromatic N) is 2. The van der Waals surface area contributed by atoms with Crippen molar-refractivity contribution in [1.29, 1.82) is 0 Å². The van der Waals surface area contributed by atoms with Crippen LogP contribution in [0.4, 0.5) is 9.59 Å². The first kappa shape index (κ1) is 29.5. The summed E-state index contributed by atoms with van der Waals surface area (Å²) in [5.41, 5.74) is -1.19. The topological polar surface area (TPSA) is 134 Å². The lowest BCUT2D eigenvalue weighted by atomic mass is 9.91. The molecule has 2 heterocycles. The largest absolute Gasteiger partial charge is 0.480 e. The van der Waals surface area contributed by atoms with Gasteiger partial charge in [0.15, 0.2) is 0 Å². The average molecular weight is 487 g/mol. The Balaban J connectivity index is 0.000000340. The molecule has 0 aromatic rings. The Labute approximate surface area is 202 Å². The highest BCUT2D eigenvalue weighted by atomic mass is 16.6. The van der Waals surface area contributed by atoms with Crippen molar-refractivity contribution in [1.82, 2.24) is 9.80 Å². The first-order valence-corrected chi connectivity index (χ1v) is 11.9. The molecule has 2 fully saturated rings. The summed E-state index contributed by atoms with van der Waals surface area (Å²) in [4.78, 5) is 48.9. The van der Waals surface area contributed by atoms with Crippen molar-refractivity contribution in [3.05, 3.63) is 0 Å². The maximum atomic E-state index is 11.9. The van der Waals surface area contributed by atoms with E-state index in [2.05, 4.69) is 0 Å². The Bertz CT molecular complexity index is 678. The number of ether oxygens (including phenoxy) is 2. The summed E-state index contributed by atoms with van der Waals surface area (Å²) < 4.78 is 10.5. The van der Waals surface area contributed by atoms with Crippen LogP contribution in [0.1, 0.15) is 81.1 Å². The van der Waals surface area contributed by atoms with Gasteiger partial charge in [-0.25, -0.2) is 19.2 Å². The van der Waals surface area contributed by atoms with Crippen molar-refractivity contribution in [3.8, 4) is 0 Å².